The molecule has 14 nitrogen and oxygen atoms in total. The minimum atomic E-state index is -1.09. The maximum Gasteiger partial charge on any atom is 0.342 e. The van der Waals surface area contributed by atoms with Crippen molar-refractivity contribution in [2.24, 2.45) is 0 Å². The average molecular weight is 1160 g/mol. The molecule has 0 bridgehead atoms. The van der Waals surface area contributed by atoms with E-state index in [2.05, 4.69) is 118 Å². The number of piperidine rings is 2. The number of likely N-dealkylation sites (tertiary alicyclic amines) is 2. The van der Waals surface area contributed by atoms with Crippen molar-refractivity contribution in [2.75, 3.05) is 40.4 Å². The Morgan fingerprint density at radius 3 is 1.36 bits per heavy atom. The number of aryl methyl sites for hydroxylation is 5. The molecule has 0 saturated carbocycles. The number of rotatable bonds is 13. The zero-order valence-electron chi connectivity index (χ0n) is 52.0. The molecule has 4 aromatic heterocycles. The topological polar surface area (TPSA) is 158 Å². The van der Waals surface area contributed by atoms with Crippen LogP contribution in [0.3, 0.4) is 0 Å². The molecule has 446 valence electrons. The highest BCUT2D eigenvalue weighted by atomic mass is 16.5. The number of carboxylic acids is 1. The molecule has 2 aliphatic heterocycles. The molecule has 2 saturated heterocycles. The first-order valence-corrected chi connectivity index (χ1v) is 30.8. The van der Waals surface area contributed by atoms with Crippen molar-refractivity contribution in [3.8, 4) is 45.9 Å². The molecule has 0 radical (unpaired) electrons. The lowest BCUT2D eigenvalue weighted by molar-refractivity contribution is -0.130. The maximum atomic E-state index is 11.8. The van der Waals surface area contributed by atoms with E-state index < -0.39 is 5.97 Å². The first-order chi connectivity index (χ1) is 41.4. The number of aromatic carboxylic acids is 1. The Balaban J connectivity index is 0.000000179. The zero-order chi connectivity index (χ0) is 60.7. The van der Waals surface area contributed by atoms with Gasteiger partial charge in [0.25, 0.3) is 0 Å². The van der Waals surface area contributed by atoms with Crippen molar-refractivity contribution < 1.29 is 29.0 Å². The van der Waals surface area contributed by atoms with E-state index in [0.29, 0.717) is 29.5 Å². The van der Waals surface area contributed by atoms with E-state index in [-0.39, 0.29) is 23.3 Å². The largest absolute Gasteiger partial charge is 0.481 e. The molecule has 14 heteroatoms. The lowest BCUT2D eigenvalue weighted by atomic mass is 9.82. The van der Waals surface area contributed by atoms with Crippen LogP contribution in [0.2, 0.25) is 0 Å². The monoisotopic (exact) mass is 1150 g/mol. The normalized spacial score (nSPS) is 16.8. The quantitative estimate of drug-likeness (QED) is 0.118. The number of ether oxygens (including phenoxy) is 2. The summed E-state index contributed by atoms with van der Waals surface area (Å²) < 4.78 is 14.4. The van der Waals surface area contributed by atoms with Crippen LogP contribution in [0.15, 0.2) is 97.3 Å². The van der Waals surface area contributed by atoms with Gasteiger partial charge in [0.05, 0.1) is 38.0 Å². The number of carbonyl (C=O) groups is 3. The molecular formula is C72H82N8O6. The molecule has 2 aliphatic carbocycles. The number of methoxy groups -OCH3 is 2. The Bertz CT molecular complexity index is 3900. The van der Waals surface area contributed by atoms with Crippen LogP contribution in [-0.4, -0.2) is 103 Å². The maximum absolute atomic E-state index is 11.8. The smallest absolute Gasteiger partial charge is 0.342 e. The molecule has 2 amide bonds. The van der Waals surface area contributed by atoms with Crippen LogP contribution < -0.4 is 9.47 Å². The van der Waals surface area contributed by atoms with Crippen molar-refractivity contribution >= 4 is 17.8 Å². The van der Waals surface area contributed by atoms with Crippen LogP contribution in [0.1, 0.15) is 170 Å². The van der Waals surface area contributed by atoms with Crippen molar-refractivity contribution in [3.05, 3.63) is 186 Å². The van der Waals surface area contributed by atoms with Gasteiger partial charge in [-0.3, -0.25) is 9.59 Å². The molecule has 2 unspecified atom stereocenters. The molecule has 12 rings (SSSR count). The van der Waals surface area contributed by atoms with E-state index in [9.17, 15) is 19.5 Å². The predicted octanol–water partition coefficient (Wildman–Crippen LogP) is 13.7. The number of aromatic nitrogens is 6. The second-order valence-electron chi connectivity index (χ2n) is 24.5. The van der Waals surface area contributed by atoms with E-state index in [1.165, 1.54) is 90.3 Å². The van der Waals surface area contributed by atoms with Gasteiger partial charge in [-0.05, 0) is 226 Å². The zero-order valence-corrected chi connectivity index (χ0v) is 52.0. The Kier molecular flexibility index (Phi) is 17.2. The van der Waals surface area contributed by atoms with Gasteiger partial charge < -0.3 is 24.4 Å². The van der Waals surface area contributed by atoms with Gasteiger partial charge >= 0.3 is 5.97 Å². The predicted molar refractivity (Wildman–Crippen MR) is 338 cm³/mol. The lowest BCUT2D eigenvalue weighted by Crippen LogP contribution is -2.36. The fraction of sp³-hybridized carbons (Fsp3) is 0.403. The second kappa shape index (κ2) is 24.9. The average Bonchev–Trinajstić information content (AvgIpc) is 2.28. The summed E-state index contributed by atoms with van der Waals surface area (Å²) in [7, 11) is 3.13. The molecule has 8 aromatic rings. The van der Waals surface area contributed by atoms with Crippen LogP contribution in [0.5, 0.6) is 11.8 Å². The first-order valence-electron chi connectivity index (χ1n) is 30.8. The highest BCUT2D eigenvalue weighted by Crippen LogP contribution is 2.45. The standard InChI is InChI=1S/C36H40N4O4.C36H42N4O2/c1-21-9-14-32(38-34(21)40-35(44-5)31(20-37-40)36(42)43)30-8-6-7-26-10-11-28(33(26)30)19-27-12-13-29(23(3)22(27)2)25-15-17-39(18-16-25)24(4)41;1-22-10-15-33(38-35(22)40-36(42-6)23(2)21-37-40)32-9-7-8-28-11-12-30(34(28)32)20-29-13-14-31(25(4)24(29)3)27-16-18-39(19-17-27)26(5)41/h6-9,12-14,20,25,28H,10-11,15-19H2,1-5H3,(H,42,43);7-10,13-15,21,27,30H,11-12,16-20H2,1-6H3. The highest BCUT2D eigenvalue weighted by molar-refractivity contribution is 5.90. The van der Waals surface area contributed by atoms with Gasteiger partial charge in [0, 0.05) is 56.7 Å². The van der Waals surface area contributed by atoms with Crippen LogP contribution >= 0.6 is 0 Å². The molecule has 2 fully saturated rings. The van der Waals surface area contributed by atoms with E-state index in [1.54, 1.807) is 21.0 Å². The number of carboxylic acid groups (broad SMARTS) is 1. The number of hydrogen-bond donors (Lipinski definition) is 1. The molecular weight excluding hydrogens is 1070 g/mol. The summed E-state index contributed by atoms with van der Waals surface area (Å²) in [6.07, 6.45) is 13.6. The number of benzene rings is 4. The van der Waals surface area contributed by atoms with E-state index in [0.717, 1.165) is 136 Å². The number of amides is 2. The Morgan fingerprint density at radius 2 is 0.942 bits per heavy atom. The van der Waals surface area contributed by atoms with Gasteiger partial charge in [0.1, 0.15) is 5.56 Å². The molecule has 1 N–H and O–H groups in total. The van der Waals surface area contributed by atoms with Crippen molar-refractivity contribution in [3.63, 3.8) is 0 Å². The van der Waals surface area contributed by atoms with Gasteiger partial charge in [0.15, 0.2) is 11.6 Å². The molecule has 86 heavy (non-hydrogen) atoms. The van der Waals surface area contributed by atoms with Gasteiger partial charge in [0.2, 0.25) is 23.6 Å². The molecule has 6 heterocycles. The van der Waals surface area contributed by atoms with Crippen molar-refractivity contribution in [1.29, 1.82) is 0 Å². The number of pyridine rings is 2. The summed E-state index contributed by atoms with van der Waals surface area (Å²) in [4.78, 5) is 49.5. The number of carbonyl (C=O) groups excluding carboxylic acids is 2. The molecule has 4 aliphatic rings. The van der Waals surface area contributed by atoms with Gasteiger partial charge in [-0.1, -0.05) is 72.8 Å². The Morgan fingerprint density at radius 1 is 0.512 bits per heavy atom. The van der Waals surface area contributed by atoms with E-state index >= 15 is 0 Å². The Labute approximate surface area is 506 Å². The third-order valence-electron chi connectivity index (χ3n) is 19.6. The van der Waals surface area contributed by atoms with E-state index in [1.807, 2.05) is 46.7 Å². The third-order valence-corrected chi connectivity index (χ3v) is 19.6. The minimum Gasteiger partial charge on any atom is -0.481 e. The van der Waals surface area contributed by atoms with E-state index in [4.69, 9.17) is 19.4 Å². The fourth-order valence-corrected chi connectivity index (χ4v) is 14.5. The molecule has 0 spiro atoms. The number of fused-ring (bicyclic) bond motifs is 2. The number of hydrogen-bond acceptors (Lipinski definition) is 9. The molecule has 2 atom stereocenters. The summed E-state index contributed by atoms with van der Waals surface area (Å²) in [6.45, 7) is 21.9. The summed E-state index contributed by atoms with van der Waals surface area (Å²) in [5.74, 6) is 3.36. The second-order valence-corrected chi connectivity index (χ2v) is 24.5. The summed E-state index contributed by atoms with van der Waals surface area (Å²) in [6, 6.07) is 31.0. The van der Waals surface area contributed by atoms with Gasteiger partial charge in [-0.25, -0.2) is 14.8 Å². The third kappa shape index (κ3) is 11.5. The van der Waals surface area contributed by atoms with Gasteiger partial charge in [-0.2, -0.15) is 19.6 Å². The van der Waals surface area contributed by atoms with Crippen LogP contribution in [0.25, 0.3) is 34.2 Å². The van der Waals surface area contributed by atoms with Crippen LogP contribution in [-0.2, 0) is 35.3 Å². The minimum absolute atomic E-state index is 0.00188. The Hall–Kier alpha value is -8.39. The van der Waals surface area contributed by atoms with Crippen LogP contribution in [0.4, 0.5) is 0 Å². The van der Waals surface area contributed by atoms with Gasteiger partial charge in [-0.15, -0.1) is 0 Å². The summed E-state index contributed by atoms with van der Waals surface area (Å²) >= 11 is 0. The van der Waals surface area contributed by atoms with Crippen LogP contribution in [0, 0.1) is 48.5 Å². The summed E-state index contributed by atoms with van der Waals surface area (Å²) in [5.41, 5.74) is 24.0. The fourth-order valence-electron chi connectivity index (χ4n) is 14.5. The first kappa shape index (κ1) is 59.3. The highest BCUT2D eigenvalue weighted by Gasteiger charge is 2.32. The van der Waals surface area contributed by atoms with Crippen molar-refractivity contribution in [2.45, 2.75) is 150 Å². The SMILES string of the molecule is COc1c(C(=O)O)cnn1-c1nc(-c2cccc3c2C(Cc2ccc(C4CCN(C(C)=O)CC4)c(C)c2C)CC3)ccc1C.COc1c(C)cnn1-c1nc(-c2cccc3c2C(Cc2ccc(C4CCN(C(C)=O)CC4)c(C)c2C)CC3)ccc1C. The molecule has 4 aromatic carbocycles. The lowest BCUT2D eigenvalue weighted by Gasteiger charge is -2.32. The number of nitrogens with zero attached hydrogens (tertiary/aromatic N) is 8. The summed E-state index contributed by atoms with van der Waals surface area (Å²) in [5, 5.41) is 18.5. The van der Waals surface area contributed by atoms with Crippen molar-refractivity contribution in [1.82, 2.24) is 39.3 Å².